The lowest BCUT2D eigenvalue weighted by molar-refractivity contribution is 0.0982. The molecule has 0 aliphatic carbocycles. The Balaban J connectivity index is 1.64. The Hall–Kier alpha value is -1.93. The fraction of sp³-hybridized carbons (Fsp3) is 0.476. The monoisotopic (exact) mass is 435 g/mol. The zero-order chi connectivity index (χ0) is 20.9. The van der Waals surface area contributed by atoms with Crippen molar-refractivity contribution in [2.24, 2.45) is 0 Å². The van der Waals surface area contributed by atoms with Gasteiger partial charge in [0.25, 0.3) is 5.91 Å². The van der Waals surface area contributed by atoms with Crippen molar-refractivity contribution in [1.29, 1.82) is 0 Å². The molecule has 1 aromatic carbocycles. The highest BCUT2D eigenvalue weighted by molar-refractivity contribution is 7.99. The van der Waals surface area contributed by atoms with Crippen LogP contribution in [-0.2, 0) is 16.4 Å². The van der Waals surface area contributed by atoms with Crippen molar-refractivity contribution < 1.29 is 13.2 Å². The van der Waals surface area contributed by atoms with Crippen LogP contribution in [-0.4, -0.2) is 37.6 Å². The summed E-state index contributed by atoms with van der Waals surface area (Å²) in [5.41, 5.74) is 2.38. The van der Waals surface area contributed by atoms with Crippen LogP contribution in [0.5, 0.6) is 0 Å². The molecule has 0 atom stereocenters. The van der Waals surface area contributed by atoms with Gasteiger partial charge in [-0.2, -0.15) is 0 Å². The summed E-state index contributed by atoms with van der Waals surface area (Å²) in [6, 6.07) is 9.56. The van der Waals surface area contributed by atoms with E-state index in [0.717, 1.165) is 24.1 Å². The molecule has 8 heteroatoms. The molecule has 158 valence electrons. The van der Waals surface area contributed by atoms with E-state index < -0.39 is 10.0 Å². The van der Waals surface area contributed by atoms with Crippen molar-refractivity contribution in [3.63, 3.8) is 0 Å². The first kappa shape index (κ1) is 21.8. The number of carbonyl (C=O) groups excluding carboxylic acids is 1. The third-order valence-corrected chi connectivity index (χ3v) is 6.55. The second-order valence-electron chi connectivity index (χ2n) is 7.39. The van der Waals surface area contributed by atoms with Gasteiger partial charge in [-0.15, -0.1) is 11.8 Å². The third-order valence-electron chi connectivity index (χ3n) is 4.94. The van der Waals surface area contributed by atoms with Gasteiger partial charge in [0.2, 0.25) is 10.0 Å². The van der Waals surface area contributed by atoms with E-state index in [1.54, 1.807) is 17.0 Å². The van der Waals surface area contributed by atoms with Gasteiger partial charge in [0.05, 0.1) is 6.26 Å². The molecule has 2 heterocycles. The minimum atomic E-state index is -3.47. The van der Waals surface area contributed by atoms with E-state index in [9.17, 15) is 13.2 Å². The highest BCUT2D eigenvalue weighted by Gasteiger charge is 2.27. The van der Waals surface area contributed by atoms with E-state index in [0.29, 0.717) is 12.2 Å². The Bertz CT molecular complexity index is 954. The van der Waals surface area contributed by atoms with Gasteiger partial charge in [0.15, 0.2) is 0 Å². The largest absolute Gasteiger partial charge is 0.306 e. The Morgan fingerprint density at radius 3 is 2.72 bits per heavy atom. The van der Waals surface area contributed by atoms with E-state index in [-0.39, 0.29) is 5.91 Å². The lowest BCUT2D eigenvalue weighted by atomic mass is 10.2. The number of anilines is 1. The molecule has 1 N–H and O–H groups in total. The van der Waals surface area contributed by atoms with E-state index in [4.69, 9.17) is 0 Å². The number of nitrogens with zero attached hydrogens (tertiary/aromatic N) is 2. The third kappa shape index (κ3) is 5.79. The molecule has 0 spiro atoms. The van der Waals surface area contributed by atoms with Crippen LogP contribution in [0.3, 0.4) is 0 Å². The van der Waals surface area contributed by atoms with Crippen LogP contribution < -0.4 is 9.73 Å². The van der Waals surface area contributed by atoms with Gasteiger partial charge in [-0.3, -0.25) is 4.79 Å². The Kier molecular flexibility index (Phi) is 7.29. The fourth-order valence-corrected chi connectivity index (χ4v) is 5.02. The first-order valence-electron chi connectivity index (χ1n) is 10.1. The molecular weight excluding hydrogens is 406 g/mol. The first-order chi connectivity index (χ1) is 13.9. The molecule has 0 unspecified atom stereocenters. The van der Waals surface area contributed by atoms with Gasteiger partial charge in [0, 0.05) is 23.3 Å². The predicted molar refractivity (Wildman–Crippen MR) is 120 cm³/mol. The normalized spacial score (nSPS) is 13.5. The Morgan fingerprint density at radius 1 is 1.17 bits per heavy atom. The quantitative estimate of drug-likeness (QED) is 0.447. The van der Waals surface area contributed by atoms with Gasteiger partial charge in [0.1, 0.15) is 5.69 Å². The summed E-state index contributed by atoms with van der Waals surface area (Å²) >= 11 is 1.88. The summed E-state index contributed by atoms with van der Waals surface area (Å²) in [6.45, 7) is 2.83. The van der Waals surface area contributed by atoms with Crippen molar-refractivity contribution >= 4 is 33.4 Å². The summed E-state index contributed by atoms with van der Waals surface area (Å²) in [5.74, 6) is 0.914. The first-order valence-corrected chi connectivity index (χ1v) is 13.0. The van der Waals surface area contributed by atoms with Crippen LogP contribution >= 0.6 is 11.8 Å². The summed E-state index contributed by atoms with van der Waals surface area (Å²) in [4.78, 5) is 18.3. The minimum absolute atomic E-state index is 0.207. The van der Waals surface area contributed by atoms with Gasteiger partial charge in [-0.25, -0.2) is 17.9 Å². The van der Waals surface area contributed by atoms with Crippen LogP contribution in [0.15, 0.2) is 41.4 Å². The van der Waals surface area contributed by atoms with Crippen molar-refractivity contribution in [2.45, 2.75) is 50.3 Å². The molecular formula is C21H29N3O3S2. The highest BCUT2D eigenvalue weighted by Crippen LogP contribution is 2.33. The lowest BCUT2D eigenvalue weighted by Crippen LogP contribution is -2.33. The van der Waals surface area contributed by atoms with Crippen molar-refractivity contribution in [2.75, 3.05) is 28.3 Å². The van der Waals surface area contributed by atoms with Crippen LogP contribution in [0.2, 0.25) is 0 Å². The van der Waals surface area contributed by atoms with E-state index >= 15 is 0 Å². The summed E-state index contributed by atoms with van der Waals surface area (Å²) in [5, 5.41) is 0. The van der Waals surface area contributed by atoms with Crippen LogP contribution in [0.1, 0.15) is 55.1 Å². The zero-order valence-electron chi connectivity index (χ0n) is 17.1. The number of benzene rings is 1. The number of amides is 1. The maximum absolute atomic E-state index is 13.0. The number of carbonyl (C=O) groups is 1. The van der Waals surface area contributed by atoms with E-state index in [2.05, 4.69) is 23.9 Å². The van der Waals surface area contributed by atoms with Crippen molar-refractivity contribution in [3.05, 3.63) is 47.8 Å². The van der Waals surface area contributed by atoms with Gasteiger partial charge < -0.3 is 4.90 Å². The number of hydrogen-bond donors (Lipinski definition) is 1. The van der Waals surface area contributed by atoms with Crippen molar-refractivity contribution in [3.8, 4) is 0 Å². The number of hydrogen-bond acceptors (Lipinski definition) is 4. The summed E-state index contributed by atoms with van der Waals surface area (Å²) in [6.07, 6.45) is 9.83. The fourth-order valence-electron chi connectivity index (χ4n) is 3.53. The maximum Gasteiger partial charge on any atom is 0.276 e. The molecule has 1 aliphatic rings. The predicted octanol–water partition coefficient (Wildman–Crippen LogP) is 4.26. The molecule has 29 heavy (non-hydrogen) atoms. The number of nitrogens with one attached hydrogen (secondary N) is 1. The molecule has 1 aromatic heterocycles. The Labute approximate surface area is 177 Å². The molecule has 1 aliphatic heterocycles. The Morgan fingerprint density at radius 2 is 1.97 bits per heavy atom. The number of sulfonamides is 1. The van der Waals surface area contributed by atoms with Crippen LogP contribution in [0.25, 0.3) is 0 Å². The molecule has 0 bridgehead atoms. The summed E-state index contributed by atoms with van der Waals surface area (Å²) < 4.78 is 24.3. The lowest BCUT2D eigenvalue weighted by Gasteiger charge is -2.19. The van der Waals surface area contributed by atoms with Crippen LogP contribution in [0, 0.1) is 0 Å². The number of thioether (sulfide) groups is 1. The van der Waals surface area contributed by atoms with E-state index in [1.807, 2.05) is 17.8 Å². The minimum Gasteiger partial charge on any atom is -0.306 e. The molecule has 2 aromatic rings. The van der Waals surface area contributed by atoms with Crippen LogP contribution in [0.4, 0.5) is 5.69 Å². The van der Waals surface area contributed by atoms with Gasteiger partial charge in [-0.05, 0) is 54.5 Å². The summed E-state index contributed by atoms with van der Waals surface area (Å²) in [7, 11) is -3.47. The number of rotatable bonds is 10. The van der Waals surface area contributed by atoms with E-state index in [1.165, 1.54) is 53.4 Å². The second-order valence-corrected chi connectivity index (χ2v) is 10.3. The topological polar surface area (TPSA) is 71.4 Å². The molecule has 0 saturated heterocycles. The molecule has 0 radical (unpaired) electrons. The molecule has 0 saturated carbocycles. The number of unbranched alkanes of at least 4 members (excludes halogenated alkanes) is 4. The maximum atomic E-state index is 13.0. The second kappa shape index (κ2) is 9.71. The average Bonchev–Trinajstić information content (AvgIpc) is 3.29. The molecule has 1 amide bonds. The molecule has 0 fully saturated rings. The molecule has 6 nitrogen and oxygen atoms in total. The highest BCUT2D eigenvalue weighted by atomic mass is 32.2. The van der Waals surface area contributed by atoms with Crippen molar-refractivity contribution in [1.82, 2.24) is 4.68 Å². The van der Waals surface area contributed by atoms with Gasteiger partial charge >= 0.3 is 0 Å². The average molecular weight is 436 g/mol. The molecule has 3 rings (SSSR count). The number of fused-ring (bicyclic) bond motifs is 1. The smallest absolute Gasteiger partial charge is 0.276 e. The standard InChI is InChI=1S/C21H29N3O3S2/c1-3-4-5-6-7-15-28-18-10-11-19-17(16-18)12-14-23(19)21(25)20-9-8-13-24(20)22-29(2,26)27/h8-11,13,16,22H,3-7,12,14-15H2,1-2H3. The number of aromatic nitrogens is 1. The SMILES string of the molecule is CCCCCCCSc1ccc2c(c1)CCN2C(=O)c1cccn1NS(C)(=O)=O. The van der Waals surface area contributed by atoms with Gasteiger partial charge in [-0.1, -0.05) is 32.6 Å². The zero-order valence-corrected chi connectivity index (χ0v) is 18.7.